The summed E-state index contributed by atoms with van der Waals surface area (Å²) in [6.07, 6.45) is 1.53. The molecule has 2 heterocycles. The van der Waals surface area contributed by atoms with Gasteiger partial charge in [-0.1, -0.05) is 24.3 Å². The van der Waals surface area contributed by atoms with E-state index in [-0.39, 0.29) is 5.91 Å². The number of carbonyl (C=O) groups is 1. The van der Waals surface area contributed by atoms with Crippen molar-refractivity contribution in [1.29, 1.82) is 0 Å². The molecule has 4 rings (SSSR count). The van der Waals surface area contributed by atoms with Gasteiger partial charge in [-0.25, -0.2) is 0 Å². The van der Waals surface area contributed by atoms with E-state index >= 15 is 0 Å². The van der Waals surface area contributed by atoms with Crippen molar-refractivity contribution in [1.82, 2.24) is 0 Å². The van der Waals surface area contributed by atoms with Crippen molar-refractivity contribution >= 4 is 11.6 Å². The van der Waals surface area contributed by atoms with Gasteiger partial charge in [-0.15, -0.1) is 0 Å². The quantitative estimate of drug-likeness (QED) is 0.734. The SMILES string of the molecule is Cc1cccc(OCCCN2C(=O)C3(OCCCO3)c3c(C)ccc(C)c32)c1. The molecule has 0 unspecified atom stereocenters. The first-order chi connectivity index (χ1) is 13.5. The number of anilines is 1. The lowest BCUT2D eigenvalue weighted by Gasteiger charge is -2.33. The van der Waals surface area contributed by atoms with Crippen LogP contribution < -0.4 is 9.64 Å². The zero-order valence-electron chi connectivity index (χ0n) is 16.8. The molecule has 2 aromatic rings. The maximum absolute atomic E-state index is 13.4. The van der Waals surface area contributed by atoms with E-state index in [2.05, 4.69) is 6.07 Å². The number of hydrogen-bond acceptors (Lipinski definition) is 4. The van der Waals surface area contributed by atoms with Crippen LogP contribution in [0.1, 0.15) is 35.1 Å². The molecule has 0 aliphatic carbocycles. The fourth-order valence-corrected chi connectivity index (χ4v) is 4.08. The minimum absolute atomic E-state index is 0.116. The molecule has 0 aromatic heterocycles. The second-order valence-electron chi connectivity index (χ2n) is 7.57. The Balaban J connectivity index is 1.53. The van der Waals surface area contributed by atoms with Crippen molar-refractivity contribution in [3.8, 4) is 5.75 Å². The fourth-order valence-electron chi connectivity index (χ4n) is 4.08. The van der Waals surface area contributed by atoms with Gasteiger partial charge in [-0.05, 0) is 62.4 Å². The average Bonchev–Trinajstić information content (AvgIpc) is 2.92. The molecule has 28 heavy (non-hydrogen) atoms. The van der Waals surface area contributed by atoms with E-state index in [4.69, 9.17) is 14.2 Å². The summed E-state index contributed by atoms with van der Waals surface area (Å²) >= 11 is 0. The van der Waals surface area contributed by atoms with E-state index in [1.165, 1.54) is 5.56 Å². The summed E-state index contributed by atoms with van der Waals surface area (Å²) < 4.78 is 17.8. The molecule has 5 heteroatoms. The summed E-state index contributed by atoms with van der Waals surface area (Å²) in [6, 6.07) is 12.1. The van der Waals surface area contributed by atoms with Crippen LogP contribution in [0.5, 0.6) is 5.75 Å². The van der Waals surface area contributed by atoms with E-state index in [1.54, 1.807) is 0 Å². The third kappa shape index (κ3) is 3.19. The van der Waals surface area contributed by atoms with Gasteiger partial charge in [0.05, 0.1) is 25.5 Å². The highest BCUT2D eigenvalue weighted by Crippen LogP contribution is 2.48. The highest BCUT2D eigenvalue weighted by molar-refractivity contribution is 6.07. The van der Waals surface area contributed by atoms with Gasteiger partial charge in [0.2, 0.25) is 0 Å². The lowest BCUT2D eigenvalue weighted by atomic mass is 9.97. The van der Waals surface area contributed by atoms with Crippen LogP contribution in [0.15, 0.2) is 36.4 Å². The number of carbonyl (C=O) groups excluding carboxylic acids is 1. The molecule has 2 aromatic carbocycles. The lowest BCUT2D eigenvalue weighted by molar-refractivity contribution is -0.257. The van der Waals surface area contributed by atoms with Gasteiger partial charge in [-0.2, -0.15) is 0 Å². The van der Waals surface area contributed by atoms with Crippen LogP contribution in [-0.2, 0) is 20.1 Å². The van der Waals surface area contributed by atoms with Gasteiger partial charge in [0.25, 0.3) is 11.7 Å². The van der Waals surface area contributed by atoms with E-state index in [0.29, 0.717) is 26.4 Å². The van der Waals surface area contributed by atoms with Crippen LogP contribution in [-0.4, -0.2) is 32.3 Å². The molecule has 0 radical (unpaired) electrons. The van der Waals surface area contributed by atoms with E-state index in [1.807, 2.05) is 56.0 Å². The van der Waals surface area contributed by atoms with Crippen molar-refractivity contribution in [3.63, 3.8) is 0 Å². The lowest BCUT2D eigenvalue weighted by Crippen LogP contribution is -2.47. The summed E-state index contributed by atoms with van der Waals surface area (Å²) in [4.78, 5) is 15.2. The molecule has 1 spiro atoms. The molecule has 0 saturated carbocycles. The van der Waals surface area contributed by atoms with E-state index in [9.17, 15) is 4.79 Å². The minimum atomic E-state index is -1.28. The average molecular weight is 381 g/mol. The monoisotopic (exact) mass is 381 g/mol. The van der Waals surface area contributed by atoms with Crippen molar-refractivity contribution in [3.05, 3.63) is 58.7 Å². The van der Waals surface area contributed by atoms with Gasteiger partial charge in [0.15, 0.2) is 0 Å². The third-order valence-electron chi connectivity index (χ3n) is 5.40. The van der Waals surface area contributed by atoms with Gasteiger partial charge in [-0.3, -0.25) is 4.79 Å². The van der Waals surface area contributed by atoms with Crippen molar-refractivity contribution in [2.45, 2.75) is 39.4 Å². The van der Waals surface area contributed by atoms with Gasteiger partial charge < -0.3 is 19.1 Å². The maximum atomic E-state index is 13.4. The number of rotatable bonds is 5. The molecule has 1 amide bonds. The first-order valence-electron chi connectivity index (χ1n) is 9.93. The molecule has 5 nitrogen and oxygen atoms in total. The topological polar surface area (TPSA) is 48.0 Å². The Morgan fingerprint density at radius 3 is 2.57 bits per heavy atom. The summed E-state index contributed by atoms with van der Waals surface area (Å²) in [5.74, 6) is -0.535. The third-order valence-corrected chi connectivity index (χ3v) is 5.40. The molecule has 148 valence electrons. The molecular formula is C23H27NO4. The molecule has 2 aliphatic heterocycles. The Morgan fingerprint density at radius 1 is 1.07 bits per heavy atom. The summed E-state index contributed by atoms with van der Waals surface area (Å²) in [5.41, 5.74) is 5.05. The van der Waals surface area contributed by atoms with Gasteiger partial charge >= 0.3 is 0 Å². The largest absolute Gasteiger partial charge is 0.494 e. The summed E-state index contributed by atoms with van der Waals surface area (Å²) in [7, 11) is 0. The Bertz CT molecular complexity index is 886. The number of aryl methyl sites for hydroxylation is 3. The van der Waals surface area contributed by atoms with Crippen LogP contribution in [0.4, 0.5) is 5.69 Å². The van der Waals surface area contributed by atoms with Crippen LogP contribution in [0, 0.1) is 20.8 Å². The van der Waals surface area contributed by atoms with Crippen molar-refractivity contribution < 1.29 is 19.0 Å². The van der Waals surface area contributed by atoms with Gasteiger partial charge in [0, 0.05) is 12.1 Å². The predicted octanol–water partition coefficient (Wildman–Crippen LogP) is 4.02. The molecule has 0 N–H and O–H groups in total. The Kier molecular flexibility index (Phi) is 5.13. The second-order valence-corrected chi connectivity index (χ2v) is 7.57. The first kappa shape index (κ1) is 19.0. The van der Waals surface area contributed by atoms with Crippen molar-refractivity contribution in [2.24, 2.45) is 0 Å². The zero-order valence-corrected chi connectivity index (χ0v) is 16.8. The number of benzene rings is 2. The zero-order chi connectivity index (χ0) is 19.7. The Labute approximate surface area is 166 Å². The maximum Gasteiger partial charge on any atom is 0.292 e. The molecule has 0 bridgehead atoms. The van der Waals surface area contributed by atoms with Crippen LogP contribution in [0.2, 0.25) is 0 Å². The number of fused-ring (bicyclic) bond motifs is 2. The molecule has 1 saturated heterocycles. The minimum Gasteiger partial charge on any atom is -0.494 e. The molecule has 2 aliphatic rings. The van der Waals surface area contributed by atoms with E-state index in [0.717, 1.165) is 41.0 Å². The van der Waals surface area contributed by atoms with Crippen LogP contribution >= 0.6 is 0 Å². The number of nitrogens with zero attached hydrogens (tertiary/aromatic N) is 1. The normalized spacial score (nSPS) is 17.8. The van der Waals surface area contributed by atoms with Crippen LogP contribution in [0.25, 0.3) is 0 Å². The first-order valence-corrected chi connectivity index (χ1v) is 9.93. The Morgan fingerprint density at radius 2 is 1.82 bits per heavy atom. The highest BCUT2D eigenvalue weighted by atomic mass is 16.7. The van der Waals surface area contributed by atoms with Crippen LogP contribution in [0.3, 0.4) is 0 Å². The molecular weight excluding hydrogens is 354 g/mol. The summed E-state index contributed by atoms with van der Waals surface area (Å²) in [5, 5.41) is 0. The standard InChI is InChI=1S/C23H27NO4/c1-16-7-4-8-19(15-16)26-12-5-11-24-21-18(3)10-9-17(2)20(21)23(22(24)25)27-13-6-14-28-23/h4,7-10,15H,5-6,11-14H2,1-3H3. The van der Waals surface area contributed by atoms with Crippen molar-refractivity contribution in [2.75, 3.05) is 31.3 Å². The second kappa shape index (κ2) is 7.57. The van der Waals surface area contributed by atoms with E-state index < -0.39 is 5.79 Å². The smallest absolute Gasteiger partial charge is 0.292 e. The Hall–Kier alpha value is -2.37. The number of amides is 1. The van der Waals surface area contributed by atoms with Gasteiger partial charge in [0.1, 0.15) is 5.75 Å². The highest BCUT2D eigenvalue weighted by Gasteiger charge is 2.55. The number of hydrogen-bond donors (Lipinski definition) is 0. The molecule has 0 atom stereocenters. The fraction of sp³-hybridized carbons (Fsp3) is 0.435. The summed E-state index contributed by atoms with van der Waals surface area (Å²) in [6.45, 7) is 8.26. The predicted molar refractivity (Wildman–Crippen MR) is 108 cm³/mol. The number of ether oxygens (including phenoxy) is 3. The molecule has 1 fully saturated rings.